The number of aromatic nitrogens is 2. The first kappa shape index (κ1) is 19.8. The summed E-state index contributed by atoms with van der Waals surface area (Å²) in [5.41, 5.74) is -0.170. The molecule has 0 bridgehead atoms. The topological polar surface area (TPSA) is 110 Å². The highest BCUT2D eigenvalue weighted by Gasteiger charge is 2.18. The van der Waals surface area contributed by atoms with Crippen LogP contribution in [0.25, 0.3) is 0 Å². The van der Waals surface area contributed by atoms with E-state index in [9.17, 15) is 18.4 Å². The van der Waals surface area contributed by atoms with Gasteiger partial charge in [-0.05, 0) is 12.1 Å². The third-order valence-corrected chi connectivity index (χ3v) is 4.00. The Morgan fingerprint density at radius 1 is 1.21 bits per heavy atom. The number of nitrogens with one attached hydrogen (secondary N) is 2. The van der Waals surface area contributed by atoms with E-state index in [1.807, 2.05) is 0 Å². The van der Waals surface area contributed by atoms with Crippen LogP contribution in [0.1, 0.15) is 16.5 Å². The van der Waals surface area contributed by atoms with Crippen LogP contribution in [0.5, 0.6) is 0 Å². The van der Waals surface area contributed by atoms with Gasteiger partial charge in [0.25, 0.3) is 0 Å². The highest BCUT2D eigenvalue weighted by Crippen LogP contribution is 2.15. The summed E-state index contributed by atoms with van der Waals surface area (Å²) in [6.07, 6.45) is -0.332. The van der Waals surface area contributed by atoms with Crippen LogP contribution in [0, 0.1) is 11.6 Å². The summed E-state index contributed by atoms with van der Waals surface area (Å²) in [5.74, 6) is -3.13. The Morgan fingerprint density at radius 2 is 2.00 bits per heavy atom. The molecule has 150 valence electrons. The van der Waals surface area contributed by atoms with Crippen LogP contribution in [0.2, 0.25) is 0 Å². The van der Waals surface area contributed by atoms with Gasteiger partial charge in [0, 0.05) is 32.2 Å². The van der Waals surface area contributed by atoms with E-state index in [1.165, 1.54) is 0 Å². The maximum Gasteiger partial charge on any atom is 0.315 e. The molecule has 0 unspecified atom stereocenters. The van der Waals surface area contributed by atoms with Crippen LogP contribution in [0.3, 0.4) is 0 Å². The van der Waals surface area contributed by atoms with E-state index in [1.54, 1.807) is 0 Å². The summed E-state index contributed by atoms with van der Waals surface area (Å²) in [4.78, 5) is 30.0. The highest BCUT2D eigenvalue weighted by molar-refractivity contribution is 5.92. The van der Waals surface area contributed by atoms with E-state index in [0.717, 1.165) is 25.2 Å². The average Bonchev–Trinajstić information content (AvgIpc) is 3.13. The Morgan fingerprint density at radius 3 is 2.75 bits per heavy atom. The maximum atomic E-state index is 13.5. The molecule has 2 heterocycles. The molecule has 0 aliphatic carbocycles. The molecule has 1 aliphatic rings. The number of morpholine rings is 1. The Bertz CT molecular complexity index is 839. The number of carbonyl (C=O) groups excluding carboxylic acids is 2. The fraction of sp³-hybridized carbons (Fsp3) is 0.412. The minimum atomic E-state index is -0.901. The number of rotatable bonds is 7. The fourth-order valence-corrected chi connectivity index (χ4v) is 2.57. The van der Waals surface area contributed by atoms with Crippen molar-refractivity contribution >= 4 is 17.5 Å². The van der Waals surface area contributed by atoms with Gasteiger partial charge in [0.1, 0.15) is 11.6 Å². The normalized spacial score (nSPS) is 14.6. The molecule has 28 heavy (non-hydrogen) atoms. The van der Waals surface area contributed by atoms with Crippen LogP contribution >= 0.6 is 0 Å². The number of hydrogen-bond donors (Lipinski definition) is 2. The largest absolute Gasteiger partial charge is 0.379 e. The molecule has 1 saturated heterocycles. The van der Waals surface area contributed by atoms with Crippen molar-refractivity contribution in [3.05, 3.63) is 41.5 Å². The first-order chi connectivity index (χ1) is 13.5. The molecule has 1 aromatic heterocycles. The molecule has 0 saturated carbocycles. The second kappa shape index (κ2) is 9.33. The lowest BCUT2D eigenvalue weighted by molar-refractivity contribution is -0.115. The van der Waals surface area contributed by atoms with E-state index in [2.05, 4.69) is 25.7 Å². The van der Waals surface area contributed by atoms with Gasteiger partial charge in [-0.3, -0.25) is 14.5 Å². The van der Waals surface area contributed by atoms with Gasteiger partial charge in [-0.15, -0.1) is 0 Å². The van der Waals surface area contributed by atoms with Crippen molar-refractivity contribution in [1.82, 2.24) is 20.4 Å². The lowest BCUT2D eigenvalue weighted by atomic mass is 10.3. The molecule has 1 aliphatic heterocycles. The predicted molar refractivity (Wildman–Crippen MR) is 92.6 cm³/mol. The molecule has 1 aromatic carbocycles. The number of ether oxygens (including phenoxy) is 1. The molecule has 2 N–H and O–H groups in total. The summed E-state index contributed by atoms with van der Waals surface area (Å²) in [7, 11) is 0. The molecule has 3 rings (SSSR count). The summed E-state index contributed by atoms with van der Waals surface area (Å²) in [6.45, 7) is 4.03. The molecule has 9 nitrogen and oxygen atoms in total. The van der Waals surface area contributed by atoms with Gasteiger partial charge in [-0.1, -0.05) is 5.16 Å². The monoisotopic (exact) mass is 395 g/mol. The second-order valence-electron chi connectivity index (χ2n) is 6.07. The van der Waals surface area contributed by atoms with E-state index >= 15 is 0 Å². The van der Waals surface area contributed by atoms with Crippen LogP contribution in [0.4, 0.5) is 14.5 Å². The van der Waals surface area contributed by atoms with Crippen LogP contribution in [-0.2, 0) is 16.0 Å². The first-order valence-electron chi connectivity index (χ1n) is 8.67. The number of anilines is 1. The molecule has 0 spiro atoms. The number of amides is 2. The number of carbonyl (C=O) groups is 2. The van der Waals surface area contributed by atoms with Crippen molar-refractivity contribution in [1.29, 1.82) is 0 Å². The third kappa shape index (κ3) is 5.54. The average molecular weight is 395 g/mol. The maximum absolute atomic E-state index is 13.5. The summed E-state index contributed by atoms with van der Waals surface area (Å²) in [5, 5.41) is 8.50. The molecule has 0 radical (unpaired) electrons. The minimum absolute atomic E-state index is 0.0293. The first-order valence-corrected chi connectivity index (χ1v) is 8.67. The van der Waals surface area contributed by atoms with Crippen LogP contribution in [-0.4, -0.2) is 66.2 Å². The highest BCUT2D eigenvalue weighted by atomic mass is 19.1. The second-order valence-corrected chi connectivity index (χ2v) is 6.07. The molecule has 2 amide bonds. The zero-order valence-electron chi connectivity index (χ0n) is 14.9. The molecular weight excluding hydrogens is 376 g/mol. The predicted octanol–water partition coefficient (Wildman–Crippen LogP) is 0.591. The van der Waals surface area contributed by atoms with Crippen LogP contribution < -0.4 is 10.6 Å². The molecular formula is C17H19F2N5O4. The summed E-state index contributed by atoms with van der Waals surface area (Å²) < 4.78 is 36.5. The van der Waals surface area contributed by atoms with Crippen molar-refractivity contribution in [2.75, 3.05) is 44.7 Å². The molecule has 1 fully saturated rings. The Balaban J connectivity index is 1.46. The van der Waals surface area contributed by atoms with Gasteiger partial charge in [-0.25, -0.2) is 8.78 Å². The van der Waals surface area contributed by atoms with Crippen molar-refractivity contribution in [3.8, 4) is 0 Å². The van der Waals surface area contributed by atoms with E-state index in [-0.39, 0.29) is 23.8 Å². The molecule has 11 heteroatoms. The number of nitrogens with zero attached hydrogens (tertiary/aromatic N) is 3. The van der Waals surface area contributed by atoms with Gasteiger partial charge in [0.15, 0.2) is 5.82 Å². The van der Waals surface area contributed by atoms with Gasteiger partial charge >= 0.3 is 11.8 Å². The SMILES string of the molecule is O=C(Cc1noc(C(=O)NCCN2CCOCC2)n1)Nc1ccc(F)cc1F. The lowest BCUT2D eigenvalue weighted by Gasteiger charge is -2.26. The lowest BCUT2D eigenvalue weighted by Crippen LogP contribution is -2.41. The van der Waals surface area contributed by atoms with Gasteiger partial charge in [0.05, 0.1) is 25.3 Å². The number of benzene rings is 1. The van der Waals surface area contributed by atoms with Gasteiger partial charge in [-0.2, -0.15) is 4.98 Å². The number of hydrogen-bond acceptors (Lipinski definition) is 7. The Hall–Kier alpha value is -2.92. The zero-order chi connectivity index (χ0) is 19.9. The quantitative estimate of drug-likeness (QED) is 0.706. The molecule has 2 aromatic rings. The Labute approximate surface area is 159 Å². The van der Waals surface area contributed by atoms with E-state index in [0.29, 0.717) is 32.4 Å². The third-order valence-electron chi connectivity index (χ3n) is 4.00. The van der Waals surface area contributed by atoms with Gasteiger partial charge < -0.3 is 19.9 Å². The summed E-state index contributed by atoms with van der Waals surface area (Å²) in [6, 6.07) is 2.78. The molecule has 0 atom stereocenters. The number of halogens is 2. The van der Waals surface area contributed by atoms with Crippen molar-refractivity contribution < 1.29 is 27.6 Å². The van der Waals surface area contributed by atoms with E-state index < -0.39 is 23.4 Å². The smallest absolute Gasteiger partial charge is 0.315 e. The van der Waals surface area contributed by atoms with E-state index in [4.69, 9.17) is 9.26 Å². The standard InChI is InChI=1S/C17H19F2N5O4/c18-11-1-2-13(12(19)9-11)21-15(25)10-14-22-17(28-23-14)16(26)20-3-4-24-5-7-27-8-6-24/h1-2,9H,3-8,10H2,(H,20,26)(H,21,25). The zero-order valence-corrected chi connectivity index (χ0v) is 14.9. The van der Waals surface area contributed by atoms with Crippen LogP contribution in [0.15, 0.2) is 22.7 Å². The Kier molecular flexibility index (Phi) is 6.61. The van der Waals surface area contributed by atoms with Crippen molar-refractivity contribution in [2.45, 2.75) is 6.42 Å². The fourth-order valence-electron chi connectivity index (χ4n) is 2.57. The van der Waals surface area contributed by atoms with Gasteiger partial charge in [0.2, 0.25) is 5.91 Å². The van der Waals surface area contributed by atoms with Crippen molar-refractivity contribution in [3.63, 3.8) is 0 Å². The minimum Gasteiger partial charge on any atom is -0.379 e. The van der Waals surface area contributed by atoms with Crippen molar-refractivity contribution in [2.24, 2.45) is 0 Å². The summed E-state index contributed by atoms with van der Waals surface area (Å²) >= 11 is 0.